The molecular formula is C24H38Cl2N2O5. The van der Waals surface area contributed by atoms with Gasteiger partial charge < -0.3 is 24.4 Å². The zero-order valence-electron chi connectivity index (χ0n) is 20.8. The van der Waals surface area contributed by atoms with Gasteiger partial charge in [-0.2, -0.15) is 0 Å². The molecule has 1 atom stereocenters. The highest BCUT2D eigenvalue weighted by Crippen LogP contribution is 2.33. The molecule has 0 bridgehead atoms. The molecule has 0 aromatic heterocycles. The van der Waals surface area contributed by atoms with Gasteiger partial charge in [-0.05, 0) is 59.7 Å². The summed E-state index contributed by atoms with van der Waals surface area (Å²) in [6.07, 6.45) is -0.504. The third kappa shape index (κ3) is 11.2. The molecule has 1 rings (SSSR count). The van der Waals surface area contributed by atoms with E-state index < -0.39 is 23.2 Å². The Morgan fingerprint density at radius 2 is 1.58 bits per heavy atom. The third-order valence-electron chi connectivity index (χ3n) is 4.45. The first kappa shape index (κ1) is 29.2. The first-order chi connectivity index (χ1) is 15.3. The summed E-state index contributed by atoms with van der Waals surface area (Å²) < 4.78 is 16.5. The van der Waals surface area contributed by atoms with Gasteiger partial charge in [-0.25, -0.2) is 4.79 Å². The summed E-state index contributed by atoms with van der Waals surface area (Å²) in [4.78, 5) is 27.0. The summed E-state index contributed by atoms with van der Waals surface area (Å²) in [6.45, 7) is 12.2. The predicted molar refractivity (Wildman–Crippen MR) is 134 cm³/mol. The predicted octanol–water partition coefficient (Wildman–Crippen LogP) is 5.32. The van der Waals surface area contributed by atoms with E-state index in [4.69, 9.17) is 37.4 Å². The highest BCUT2D eigenvalue weighted by atomic mass is 35.5. The summed E-state index contributed by atoms with van der Waals surface area (Å²) in [5.74, 6) is 0.718. The van der Waals surface area contributed by atoms with Gasteiger partial charge in [-0.1, -0.05) is 0 Å². The number of rotatable bonds is 11. The second-order valence-electron chi connectivity index (χ2n) is 9.66. The Labute approximate surface area is 208 Å². The molecule has 0 fully saturated rings. The smallest absolute Gasteiger partial charge is 0.407 e. The normalized spacial score (nSPS) is 12.6. The fraction of sp³-hybridized carbons (Fsp3) is 0.667. The van der Waals surface area contributed by atoms with E-state index in [0.29, 0.717) is 30.6 Å². The Hall–Kier alpha value is -1.86. The molecule has 1 unspecified atom stereocenters. The third-order valence-corrected chi connectivity index (χ3v) is 4.79. The van der Waals surface area contributed by atoms with E-state index in [9.17, 15) is 9.59 Å². The minimum Gasteiger partial charge on any atom is -0.496 e. The highest BCUT2D eigenvalue weighted by Gasteiger charge is 2.26. The fourth-order valence-electron chi connectivity index (χ4n) is 3.21. The molecule has 7 nitrogen and oxygen atoms in total. The standard InChI is InChI=1S/C24H38Cl2N2O5/c1-23(2,3)32-21(29)14-17(16-27-22(30)33-24(4,5)6)19-15-18(8-9-20(19)31-7)28(12-10-25)13-11-26/h8-9,15,17H,10-14,16H2,1-7H3,(H,27,30). The Morgan fingerprint density at radius 1 is 1.00 bits per heavy atom. The quantitative estimate of drug-likeness (QED) is 0.324. The van der Waals surface area contributed by atoms with Gasteiger partial charge in [0.1, 0.15) is 17.0 Å². The maximum Gasteiger partial charge on any atom is 0.407 e. The van der Waals surface area contributed by atoms with Crippen LogP contribution in [-0.4, -0.2) is 61.8 Å². The lowest BCUT2D eigenvalue weighted by Crippen LogP contribution is -2.36. The van der Waals surface area contributed by atoms with Crippen molar-refractivity contribution >= 4 is 41.0 Å². The molecular weight excluding hydrogens is 467 g/mol. The zero-order valence-corrected chi connectivity index (χ0v) is 22.3. The summed E-state index contributed by atoms with van der Waals surface area (Å²) in [7, 11) is 1.57. The topological polar surface area (TPSA) is 77.1 Å². The molecule has 0 saturated carbocycles. The lowest BCUT2D eigenvalue weighted by Gasteiger charge is -2.27. The lowest BCUT2D eigenvalue weighted by atomic mass is 9.93. The van der Waals surface area contributed by atoms with Gasteiger partial charge in [0.15, 0.2) is 0 Å². The maximum atomic E-state index is 12.7. The van der Waals surface area contributed by atoms with Crippen molar-refractivity contribution in [3.8, 4) is 5.75 Å². The molecule has 1 aromatic rings. The summed E-state index contributed by atoms with van der Waals surface area (Å²) >= 11 is 12.0. The van der Waals surface area contributed by atoms with Crippen molar-refractivity contribution in [2.24, 2.45) is 0 Å². The number of hydrogen-bond donors (Lipinski definition) is 1. The second-order valence-corrected chi connectivity index (χ2v) is 10.4. The number of alkyl carbamates (subject to hydrolysis) is 1. The van der Waals surface area contributed by atoms with Crippen molar-refractivity contribution in [1.29, 1.82) is 0 Å². The SMILES string of the molecule is COc1ccc(N(CCCl)CCCl)cc1C(CNC(=O)OC(C)(C)C)CC(=O)OC(C)(C)C. The summed E-state index contributed by atoms with van der Waals surface area (Å²) in [5, 5.41) is 2.78. The molecule has 188 valence electrons. The average molecular weight is 505 g/mol. The number of carbonyl (C=O) groups excluding carboxylic acids is 2. The molecule has 1 amide bonds. The maximum absolute atomic E-state index is 12.7. The van der Waals surface area contributed by atoms with Crippen LogP contribution in [0.3, 0.4) is 0 Å². The number of esters is 1. The van der Waals surface area contributed by atoms with Crippen molar-refractivity contribution in [2.75, 3.05) is 43.4 Å². The minimum atomic E-state index is -0.633. The molecule has 1 N–H and O–H groups in total. The van der Waals surface area contributed by atoms with E-state index in [1.807, 2.05) is 39.0 Å². The van der Waals surface area contributed by atoms with E-state index in [1.54, 1.807) is 27.9 Å². The van der Waals surface area contributed by atoms with Crippen LogP contribution in [0, 0.1) is 0 Å². The van der Waals surface area contributed by atoms with Crippen LogP contribution in [0.15, 0.2) is 18.2 Å². The van der Waals surface area contributed by atoms with Crippen LogP contribution < -0.4 is 15.0 Å². The molecule has 0 spiro atoms. The number of nitrogens with one attached hydrogen (secondary N) is 1. The van der Waals surface area contributed by atoms with Crippen molar-refractivity contribution in [3.05, 3.63) is 23.8 Å². The largest absolute Gasteiger partial charge is 0.496 e. The average Bonchev–Trinajstić information content (AvgIpc) is 2.67. The van der Waals surface area contributed by atoms with Gasteiger partial charge in [-0.3, -0.25) is 4.79 Å². The van der Waals surface area contributed by atoms with Crippen LogP contribution in [-0.2, 0) is 14.3 Å². The Morgan fingerprint density at radius 3 is 2.06 bits per heavy atom. The van der Waals surface area contributed by atoms with E-state index >= 15 is 0 Å². The molecule has 0 aliphatic carbocycles. The van der Waals surface area contributed by atoms with Gasteiger partial charge in [0.05, 0.1) is 13.5 Å². The number of methoxy groups -OCH3 is 1. The molecule has 1 aromatic carbocycles. The van der Waals surface area contributed by atoms with Crippen LogP contribution in [0.1, 0.15) is 59.4 Å². The number of benzene rings is 1. The van der Waals surface area contributed by atoms with Crippen LogP contribution in [0.25, 0.3) is 0 Å². The molecule has 9 heteroatoms. The fourth-order valence-corrected chi connectivity index (χ4v) is 3.62. The number of alkyl halides is 2. The first-order valence-corrected chi connectivity index (χ1v) is 12.1. The second kappa shape index (κ2) is 13.1. The number of ether oxygens (including phenoxy) is 3. The molecule has 0 radical (unpaired) electrons. The molecule has 33 heavy (non-hydrogen) atoms. The lowest BCUT2D eigenvalue weighted by molar-refractivity contribution is -0.155. The monoisotopic (exact) mass is 504 g/mol. The van der Waals surface area contributed by atoms with Crippen LogP contribution in [0.2, 0.25) is 0 Å². The van der Waals surface area contributed by atoms with Gasteiger partial charge >= 0.3 is 12.1 Å². The van der Waals surface area contributed by atoms with Crippen LogP contribution in [0.5, 0.6) is 5.75 Å². The van der Waals surface area contributed by atoms with Gasteiger partial charge in [0, 0.05) is 48.6 Å². The summed E-state index contributed by atoms with van der Waals surface area (Å²) in [6, 6.07) is 5.71. The molecule has 0 saturated heterocycles. The van der Waals surface area contributed by atoms with Crippen molar-refractivity contribution in [2.45, 2.75) is 65.1 Å². The Bertz CT molecular complexity index is 769. The zero-order chi connectivity index (χ0) is 25.2. The van der Waals surface area contributed by atoms with Gasteiger partial charge in [0.25, 0.3) is 0 Å². The summed E-state index contributed by atoms with van der Waals surface area (Å²) in [5.41, 5.74) is 0.417. The van der Waals surface area contributed by atoms with Gasteiger partial charge in [-0.15, -0.1) is 23.2 Å². The van der Waals surface area contributed by atoms with Crippen molar-refractivity contribution < 1.29 is 23.8 Å². The number of carbonyl (C=O) groups is 2. The Balaban J connectivity index is 3.28. The van der Waals surface area contributed by atoms with Crippen LogP contribution in [0.4, 0.5) is 10.5 Å². The molecule has 0 aliphatic rings. The minimum absolute atomic E-state index is 0.0535. The number of anilines is 1. The van der Waals surface area contributed by atoms with Gasteiger partial charge in [0.2, 0.25) is 0 Å². The number of nitrogens with zero attached hydrogens (tertiary/aromatic N) is 1. The van der Waals surface area contributed by atoms with Crippen LogP contribution >= 0.6 is 23.2 Å². The van der Waals surface area contributed by atoms with E-state index in [2.05, 4.69) is 10.2 Å². The van der Waals surface area contributed by atoms with E-state index in [1.165, 1.54) is 0 Å². The molecule has 0 heterocycles. The van der Waals surface area contributed by atoms with Crippen molar-refractivity contribution in [3.63, 3.8) is 0 Å². The Kier molecular flexibility index (Phi) is 11.6. The highest BCUT2D eigenvalue weighted by molar-refractivity contribution is 6.18. The molecule has 0 aliphatic heterocycles. The number of halogens is 2. The number of amides is 1. The van der Waals surface area contributed by atoms with Crippen molar-refractivity contribution in [1.82, 2.24) is 5.32 Å². The van der Waals surface area contributed by atoms with E-state index in [-0.39, 0.29) is 18.9 Å². The number of hydrogen-bond acceptors (Lipinski definition) is 6. The van der Waals surface area contributed by atoms with E-state index in [0.717, 1.165) is 11.3 Å². The first-order valence-electron chi connectivity index (χ1n) is 11.0.